The Morgan fingerprint density at radius 3 is 2.33 bits per heavy atom. The molecular weight excluding hydrogens is 359 g/mol. The fraction of sp³-hybridized carbons (Fsp3) is 0.400. The van der Waals surface area contributed by atoms with Crippen LogP contribution in [0.25, 0.3) is 0 Å². The molecule has 2 aromatic rings. The zero-order chi connectivity index (χ0) is 19.3. The minimum absolute atomic E-state index is 0.248. The summed E-state index contributed by atoms with van der Waals surface area (Å²) < 4.78 is 54.6. The van der Waals surface area contributed by atoms with E-state index < -0.39 is 11.7 Å². The molecule has 1 fully saturated rings. The van der Waals surface area contributed by atoms with Gasteiger partial charge >= 0.3 is 6.18 Å². The molecule has 146 valence electrons. The molecule has 3 rings (SSSR count). The van der Waals surface area contributed by atoms with Gasteiger partial charge in [-0.25, -0.2) is 0 Å². The molecule has 0 aromatic heterocycles. The maximum atomic E-state index is 12.7. The van der Waals surface area contributed by atoms with Crippen LogP contribution in [0.2, 0.25) is 0 Å². The van der Waals surface area contributed by atoms with Crippen molar-refractivity contribution in [2.24, 2.45) is 0 Å². The number of alkyl halides is 3. The van der Waals surface area contributed by atoms with Gasteiger partial charge in [0.15, 0.2) is 0 Å². The van der Waals surface area contributed by atoms with E-state index >= 15 is 0 Å². The van der Waals surface area contributed by atoms with Gasteiger partial charge in [-0.2, -0.15) is 13.2 Å². The normalized spacial score (nSPS) is 18.7. The largest absolute Gasteiger partial charge is 0.497 e. The van der Waals surface area contributed by atoms with E-state index in [2.05, 4.69) is 4.90 Å². The van der Waals surface area contributed by atoms with Crippen molar-refractivity contribution in [3.63, 3.8) is 0 Å². The summed E-state index contributed by atoms with van der Waals surface area (Å²) in [7, 11) is 1.63. The Balaban J connectivity index is 1.60. The molecule has 2 aromatic carbocycles. The van der Waals surface area contributed by atoms with Gasteiger partial charge in [-0.15, -0.1) is 0 Å². The molecule has 0 spiro atoms. The highest BCUT2D eigenvalue weighted by Gasteiger charge is 2.30. The maximum absolute atomic E-state index is 12.7. The second-order valence-electron chi connectivity index (χ2n) is 6.42. The van der Waals surface area contributed by atoms with E-state index in [4.69, 9.17) is 14.2 Å². The molecule has 1 aliphatic heterocycles. The Hall–Kier alpha value is -2.25. The van der Waals surface area contributed by atoms with Crippen molar-refractivity contribution in [1.82, 2.24) is 4.90 Å². The SMILES string of the molecule is COc1ccc(CN2CCOCC(Oc3ccc(C(F)(F)F)cc3)C2)cc1. The summed E-state index contributed by atoms with van der Waals surface area (Å²) in [6, 6.07) is 12.6. The maximum Gasteiger partial charge on any atom is 0.416 e. The van der Waals surface area contributed by atoms with E-state index in [-0.39, 0.29) is 6.10 Å². The van der Waals surface area contributed by atoms with Crippen molar-refractivity contribution >= 4 is 0 Å². The summed E-state index contributed by atoms with van der Waals surface area (Å²) in [4.78, 5) is 2.21. The van der Waals surface area contributed by atoms with Gasteiger partial charge in [-0.3, -0.25) is 4.90 Å². The molecule has 0 bridgehead atoms. The number of benzene rings is 2. The Kier molecular flexibility index (Phi) is 6.23. The third kappa shape index (κ3) is 5.61. The van der Waals surface area contributed by atoms with Crippen molar-refractivity contribution in [1.29, 1.82) is 0 Å². The second kappa shape index (κ2) is 8.63. The number of ether oxygens (including phenoxy) is 3. The number of nitrogens with zero attached hydrogens (tertiary/aromatic N) is 1. The lowest BCUT2D eigenvalue weighted by atomic mass is 10.2. The summed E-state index contributed by atoms with van der Waals surface area (Å²) in [5.41, 5.74) is 0.457. The summed E-state index contributed by atoms with van der Waals surface area (Å²) in [5.74, 6) is 1.21. The number of rotatable bonds is 5. The Morgan fingerprint density at radius 2 is 1.70 bits per heavy atom. The van der Waals surface area contributed by atoms with Gasteiger partial charge < -0.3 is 14.2 Å². The molecule has 1 aliphatic rings. The van der Waals surface area contributed by atoms with E-state index in [1.807, 2.05) is 24.3 Å². The predicted molar refractivity (Wildman–Crippen MR) is 95.0 cm³/mol. The second-order valence-corrected chi connectivity index (χ2v) is 6.42. The molecule has 1 saturated heterocycles. The number of methoxy groups -OCH3 is 1. The van der Waals surface area contributed by atoms with Crippen LogP contribution < -0.4 is 9.47 Å². The van der Waals surface area contributed by atoms with Crippen molar-refractivity contribution in [3.05, 3.63) is 59.7 Å². The molecule has 0 aliphatic carbocycles. The summed E-state index contributed by atoms with van der Waals surface area (Å²) in [5, 5.41) is 0. The lowest BCUT2D eigenvalue weighted by Crippen LogP contribution is -2.35. The number of halogens is 3. The Morgan fingerprint density at radius 1 is 1.04 bits per heavy atom. The van der Waals surface area contributed by atoms with E-state index in [0.29, 0.717) is 25.5 Å². The minimum atomic E-state index is -4.35. The molecule has 27 heavy (non-hydrogen) atoms. The third-order valence-corrected chi connectivity index (χ3v) is 4.37. The third-order valence-electron chi connectivity index (χ3n) is 4.37. The molecular formula is C20H22F3NO3. The molecule has 0 N–H and O–H groups in total. The van der Waals surface area contributed by atoms with Crippen LogP contribution in [0.3, 0.4) is 0 Å². The summed E-state index contributed by atoms with van der Waals surface area (Å²) >= 11 is 0. The van der Waals surface area contributed by atoms with Crippen molar-refractivity contribution < 1.29 is 27.4 Å². The first-order valence-corrected chi connectivity index (χ1v) is 8.71. The molecule has 4 nitrogen and oxygen atoms in total. The van der Waals surface area contributed by atoms with E-state index in [1.165, 1.54) is 12.1 Å². The van der Waals surface area contributed by atoms with Crippen molar-refractivity contribution in [2.45, 2.75) is 18.8 Å². The van der Waals surface area contributed by atoms with Crippen LogP contribution in [0.5, 0.6) is 11.5 Å². The van der Waals surface area contributed by atoms with Gasteiger partial charge in [0.1, 0.15) is 17.6 Å². The highest BCUT2D eigenvalue weighted by molar-refractivity contribution is 5.29. The van der Waals surface area contributed by atoms with Gasteiger partial charge in [0, 0.05) is 19.6 Å². The van der Waals surface area contributed by atoms with Crippen LogP contribution in [-0.4, -0.2) is 44.4 Å². The lowest BCUT2D eigenvalue weighted by molar-refractivity contribution is -0.137. The van der Waals surface area contributed by atoms with Crippen molar-refractivity contribution in [3.8, 4) is 11.5 Å². The first kappa shape index (κ1) is 19.5. The van der Waals surface area contributed by atoms with Gasteiger partial charge in [0.05, 0.1) is 25.9 Å². The highest BCUT2D eigenvalue weighted by atomic mass is 19.4. The van der Waals surface area contributed by atoms with Gasteiger partial charge in [-0.1, -0.05) is 12.1 Å². The zero-order valence-electron chi connectivity index (χ0n) is 15.0. The van der Waals surface area contributed by atoms with E-state index in [1.54, 1.807) is 7.11 Å². The quantitative estimate of drug-likeness (QED) is 0.784. The van der Waals surface area contributed by atoms with Crippen LogP contribution >= 0.6 is 0 Å². The topological polar surface area (TPSA) is 30.9 Å². The lowest BCUT2D eigenvalue weighted by Gasteiger charge is -2.24. The fourth-order valence-corrected chi connectivity index (χ4v) is 2.96. The predicted octanol–water partition coefficient (Wildman–Crippen LogP) is 3.99. The molecule has 1 heterocycles. The van der Waals surface area contributed by atoms with Crippen LogP contribution in [-0.2, 0) is 17.5 Å². The fourth-order valence-electron chi connectivity index (χ4n) is 2.96. The molecule has 1 unspecified atom stereocenters. The smallest absolute Gasteiger partial charge is 0.416 e. The van der Waals surface area contributed by atoms with Crippen LogP contribution in [0.4, 0.5) is 13.2 Å². The zero-order valence-corrected chi connectivity index (χ0v) is 15.0. The molecule has 0 amide bonds. The Labute approximate surface area is 156 Å². The summed E-state index contributed by atoms with van der Waals surface area (Å²) in [6.45, 7) is 3.12. The van der Waals surface area contributed by atoms with Crippen LogP contribution in [0, 0.1) is 0 Å². The van der Waals surface area contributed by atoms with Gasteiger partial charge in [0.25, 0.3) is 0 Å². The average Bonchev–Trinajstić information content (AvgIpc) is 2.87. The minimum Gasteiger partial charge on any atom is -0.497 e. The van der Waals surface area contributed by atoms with Crippen molar-refractivity contribution in [2.75, 3.05) is 33.4 Å². The molecule has 0 radical (unpaired) electrons. The monoisotopic (exact) mass is 381 g/mol. The standard InChI is InChI=1S/C20H22F3NO3/c1-25-17-6-2-15(3-7-17)12-24-10-11-26-14-19(13-24)27-18-8-4-16(5-9-18)20(21,22)23/h2-9,19H,10-14H2,1H3. The van der Waals surface area contributed by atoms with Crippen LogP contribution in [0.1, 0.15) is 11.1 Å². The highest BCUT2D eigenvalue weighted by Crippen LogP contribution is 2.30. The Bertz CT molecular complexity index is 717. The first-order chi connectivity index (χ1) is 12.9. The first-order valence-electron chi connectivity index (χ1n) is 8.71. The van der Waals surface area contributed by atoms with Gasteiger partial charge in [-0.05, 0) is 42.0 Å². The number of hydrogen-bond acceptors (Lipinski definition) is 4. The average molecular weight is 381 g/mol. The van der Waals surface area contributed by atoms with E-state index in [0.717, 1.165) is 36.5 Å². The number of hydrogen-bond donors (Lipinski definition) is 0. The summed E-state index contributed by atoms with van der Waals surface area (Å²) in [6.07, 6.45) is -4.60. The van der Waals surface area contributed by atoms with Crippen LogP contribution in [0.15, 0.2) is 48.5 Å². The van der Waals surface area contributed by atoms with Gasteiger partial charge in [0.2, 0.25) is 0 Å². The molecule has 7 heteroatoms. The molecule has 0 saturated carbocycles. The molecule has 1 atom stereocenters. The van der Waals surface area contributed by atoms with E-state index in [9.17, 15) is 13.2 Å².